The van der Waals surface area contributed by atoms with Crippen LogP contribution in [0.5, 0.6) is 0 Å². The van der Waals surface area contributed by atoms with Crippen LogP contribution in [0.25, 0.3) is 0 Å². The first-order chi connectivity index (χ1) is 7.27. The zero-order valence-corrected chi connectivity index (χ0v) is 8.71. The smallest absolute Gasteiger partial charge is 0.123 e. The fourth-order valence-electron chi connectivity index (χ4n) is 2.05. The molecule has 1 aliphatic rings. The average Bonchev–Trinajstić information content (AvgIpc) is 2.19. The van der Waals surface area contributed by atoms with Crippen molar-refractivity contribution in [2.24, 2.45) is 5.73 Å². The van der Waals surface area contributed by atoms with E-state index in [1.165, 1.54) is 17.7 Å². The molecule has 0 atom stereocenters. The maximum absolute atomic E-state index is 12.8. The summed E-state index contributed by atoms with van der Waals surface area (Å²) in [6, 6.07) is 6.73. The molecule has 0 saturated carbocycles. The first-order valence-electron chi connectivity index (χ1n) is 5.31. The van der Waals surface area contributed by atoms with Crippen molar-refractivity contribution < 1.29 is 9.13 Å². The molecule has 2 nitrogen and oxygen atoms in total. The highest BCUT2D eigenvalue weighted by Gasteiger charge is 2.39. The summed E-state index contributed by atoms with van der Waals surface area (Å²) in [4.78, 5) is 0. The molecule has 0 bridgehead atoms. The lowest BCUT2D eigenvalue weighted by Gasteiger charge is -2.42. The molecule has 0 unspecified atom stereocenters. The van der Waals surface area contributed by atoms with Gasteiger partial charge in [-0.25, -0.2) is 4.39 Å². The Bertz CT molecular complexity index is 319. The van der Waals surface area contributed by atoms with Crippen LogP contribution in [0, 0.1) is 5.82 Å². The summed E-state index contributed by atoms with van der Waals surface area (Å²) in [5, 5.41) is 0. The second-order valence-electron chi connectivity index (χ2n) is 4.17. The second kappa shape index (κ2) is 4.29. The topological polar surface area (TPSA) is 35.2 Å². The third kappa shape index (κ3) is 2.03. The third-order valence-electron chi connectivity index (χ3n) is 3.07. The van der Waals surface area contributed by atoms with Crippen LogP contribution >= 0.6 is 0 Å². The predicted octanol–water partition coefficient (Wildman–Crippen LogP) is 1.83. The number of rotatable bonds is 4. The SMILES string of the molecule is NCCCC1(c2ccc(F)cc2)COC1. The highest BCUT2D eigenvalue weighted by atomic mass is 19.1. The Kier molecular flexibility index (Phi) is 3.03. The molecule has 3 heteroatoms. The molecule has 1 saturated heterocycles. The predicted molar refractivity (Wildman–Crippen MR) is 57.2 cm³/mol. The molecule has 0 radical (unpaired) electrons. The van der Waals surface area contributed by atoms with Gasteiger partial charge in [0.25, 0.3) is 0 Å². The average molecular weight is 209 g/mol. The molecule has 0 spiro atoms. The molecule has 1 fully saturated rings. The zero-order valence-electron chi connectivity index (χ0n) is 8.71. The van der Waals surface area contributed by atoms with Crippen molar-refractivity contribution in [1.29, 1.82) is 0 Å². The summed E-state index contributed by atoms with van der Waals surface area (Å²) in [6.45, 7) is 2.17. The molecule has 1 aromatic carbocycles. The fourth-order valence-corrected chi connectivity index (χ4v) is 2.05. The van der Waals surface area contributed by atoms with Crippen molar-refractivity contribution in [3.8, 4) is 0 Å². The van der Waals surface area contributed by atoms with Crippen molar-refractivity contribution in [2.75, 3.05) is 19.8 Å². The van der Waals surface area contributed by atoms with Crippen LogP contribution < -0.4 is 5.73 Å². The lowest BCUT2D eigenvalue weighted by Crippen LogP contribution is -2.47. The van der Waals surface area contributed by atoms with E-state index < -0.39 is 0 Å². The van der Waals surface area contributed by atoms with Crippen LogP contribution in [0.2, 0.25) is 0 Å². The maximum Gasteiger partial charge on any atom is 0.123 e. The van der Waals surface area contributed by atoms with Gasteiger partial charge in [-0.05, 0) is 37.1 Å². The molecule has 2 rings (SSSR count). The van der Waals surface area contributed by atoms with Crippen LogP contribution in [0.15, 0.2) is 24.3 Å². The van der Waals surface area contributed by atoms with Crippen molar-refractivity contribution in [1.82, 2.24) is 0 Å². The van der Waals surface area contributed by atoms with Crippen molar-refractivity contribution in [3.63, 3.8) is 0 Å². The van der Waals surface area contributed by atoms with E-state index in [0.29, 0.717) is 6.54 Å². The van der Waals surface area contributed by atoms with E-state index in [1.54, 1.807) is 0 Å². The maximum atomic E-state index is 12.8. The molecule has 1 aromatic rings. The van der Waals surface area contributed by atoms with Gasteiger partial charge in [0.1, 0.15) is 5.82 Å². The summed E-state index contributed by atoms with van der Waals surface area (Å²) in [6.07, 6.45) is 2.01. The van der Waals surface area contributed by atoms with E-state index in [1.807, 2.05) is 12.1 Å². The van der Waals surface area contributed by atoms with E-state index >= 15 is 0 Å². The first kappa shape index (κ1) is 10.6. The molecular formula is C12H16FNO. The van der Waals surface area contributed by atoms with Crippen LogP contribution in [-0.2, 0) is 10.2 Å². The van der Waals surface area contributed by atoms with E-state index in [9.17, 15) is 4.39 Å². The van der Waals surface area contributed by atoms with Crippen molar-refractivity contribution in [3.05, 3.63) is 35.6 Å². The number of ether oxygens (including phenoxy) is 1. The Morgan fingerprint density at radius 3 is 2.40 bits per heavy atom. The summed E-state index contributed by atoms with van der Waals surface area (Å²) >= 11 is 0. The summed E-state index contributed by atoms with van der Waals surface area (Å²) < 4.78 is 18.1. The number of benzene rings is 1. The molecule has 15 heavy (non-hydrogen) atoms. The van der Waals surface area contributed by atoms with Gasteiger partial charge in [0, 0.05) is 5.41 Å². The van der Waals surface area contributed by atoms with Gasteiger partial charge < -0.3 is 10.5 Å². The van der Waals surface area contributed by atoms with Gasteiger partial charge in [0.2, 0.25) is 0 Å². The van der Waals surface area contributed by atoms with E-state index in [0.717, 1.165) is 26.1 Å². The highest BCUT2D eigenvalue weighted by molar-refractivity contribution is 5.28. The fraction of sp³-hybridized carbons (Fsp3) is 0.500. The van der Waals surface area contributed by atoms with E-state index in [-0.39, 0.29) is 11.2 Å². The van der Waals surface area contributed by atoms with Gasteiger partial charge in [-0.15, -0.1) is 0 Å². The molecule has 1 aliphatic heterocycles. The minimum absolute atomic E-state index is 0.0903. The molecule has 0 aromatic heterocycles. The molecule has 82 valence electrons. The van der Waals surface area contributed by atoms with E-state index in [4.69, 9.17) is 10.5 Å². The first-order valence-corrected chi connectivity index (χ1v) is 5.31. The Labute approximate surface area is 89.2 Å². The monoisotopic (exact) mass is 209 g/mol. The molecule has 1 heterocycles. The van der Waals surface area contributed by atoms with Gasteiger partial charge in [-0.3, -0.25) is 0 Å². The Morgan fingerprint density at radius 1 is 1.27 bits per heavy atom. The third-order valence-corrected chi connectivity index (χ3v) is 3.07. The lowest BCUT2D eigenvalue weighted by atomic mass is 9.75. The minimum Gasteiger partial charge on any atom is -0.379 e. The zero-order chi connectivity index (χ0) is 10.7. The van der Waals surface area contributed by atoms with Crippen LogP contribution in [-0.4, -0.2) is 19.8 Å². The number of halogens is 1. The Hall–Kier alpha value is -0.930. The van der Waals surface area contributed by atoms with Gasteiger partial charge in [0.05, 0.1) is 13.2 Å². The number of hydrogen-bond donors (Lipinski definition) is 1. The molecule has 2 N–H and O–H groups in total. The van der Waals surface area contributed by atoms with Crippen LogP contribution in [0.1, 0.15) is 18.4 Å². The van der Waals surface area contributed by atoms with E-state index in [2.05, 4.69) is 0 Å². The lowest BCUT2D eigenvalue weighted by molar-refractivity contribution is -0.0649. The van der Waals surface area contributed by atoms with Gasteiger partial charge in [0.15, 0.2) is 0 Å². The number of hydrogen-bond acceptors (Lipinski definition) is 2. The molecule has 0 amide bonds. The summed E-state index contributed by atoms with van der Waals surface area (Å²) in [7, 11) is 0. The Morgan fingerprint density at radius 2 is 1.93 bits per heavy atom. The standard InChI is InChI=1S/C12H16FNO/c13-11-4-2-10(3-5-11)12(6-1-7-14)8-15-9-12/h2-5H,1,6-9,14H2. The molecule has 0 aliphatic carbocycles. The minimum atomic E-state index is -0.187. The number of nitrogens with two attached hydrogens (primary N) is 1. The second-order valence-corrected chi connectivity index (χ2v) is 4.17. The van der Waals surface area contributed by atoms with Gasteiger partial charge in [-0.1, -0.05) is 12.1 Å². The van der Waals surface area contributed by atoms with Crippen LogP contribution in [0.3, 0.4) is 0 Å². The van der Waals surface area contributed by atoms with Crippen LogP contribution in [0.4, 0.5) is 4.39 Å². The largest absolute Gasteiger partial charge is 0.379 e. The normalized spacial score (nSPS) is 18.5. The Balaban J connectivity index is 2.14. The summed E-state index contributed by atoms with van der Waals surface area (Å²) in [5.41, 5.74) is 6.78. The summed E-state index contributed by atoms with van der Waals surface area (Å²) in [5.74, 6) is -0.187. The van der Waals surface area contributed by atoms with Gasteiger partial charge in [-0.2, -0.15) is 0 Å². The van der Waals surface area contributed by atoms with Crippen molar-refractivity contribution >= 4 is 0 Å². The quantitative estimate of drug-likeness (QED) is 0.821. The van der Waals surface area contributed by atoms with Gasteiger partial charge >= 0.3 is 0 Å². The highest BCUT2D eigenvalue weighted by Crippen LogP contribution is 2.36. The molecular weight excluding hydrogens is 193 g/mol. The van der Waals surface area contributed by atoms with Crippen molar-refractivity contribution in [2.45, 2.75) is 18.3 Å².